The maximum Gasteiger partial charge on any atom is 0.264 e. The first-order valence-corrected chi connectivity index (χ1v) is 17.0. The van der Waals surface area contributed by atoms with Gasteiger partial charge < -0.3 is 15.0 Å². The highest BCUT2D eigenvalue weighted by atomic mass is 35.5. The maximum absolute atomic E-state index is 14.5. The van der Waals surface area contributed by atoms with Crippen molar-refractivity contribution < 1.29 is 22.7 Å². The lowest BCUT2D eigenvalue weighted by atomic mass is 10.0. The molecule has 0 radical (unpaired) electrons. The fourth-order valence-corrected chi connectivity index (χ4v) is 6.84. The number of nitrogens with zero attached hydrogens (tertiary/aromatic N) is 2. The van der Waals surface area contributed by atoms with Crippen LogP contribution in [0.3, 0.4) is 0 Å². The second-order valence-electron chi connectivity index (χ2n) is 10.5. The van der Waals surface area contributed by atoms with Gasteiger partial charge in [-0.2, -0.15) is 0 Å². The van der Waals surface area contributed by atoms with Gasteiger partial charge in [-0.05, 0) is 67.4 Å². The second-order valence-corrected chi connectivity index (χ2v) is 13.6. The minimum atomic E-state index is -4.29. The van der Waals surface area contributed by atoms with Gasteiger partial charge in [0.15, 0.2) is 0 Å². The molecule has 1 atom stereocenters. The molecule has 2 amide bonds. The largest absolute Gasteiger partial charge is 0.495 e. The molecule has 4 rings (SSSR count). The topological polar surface area (TPSA) is 96.0 Å². The van der Waals surface area contributed by atoms with E-state index in [2.05, 4.69) is 5.32 Å². The molecule has 4 aromatic carbocycles. The van der Waals surface area contributed by atoms with Crippen LogP contribution in [-0.2, 0) is 32.6 Å². The average molecular weight is 703 g/mol. The Morgan fingerprint density at radius 1 is 0.848 bits per heavy atom. The van der Waals surface area contributed by atoms with Gasteiger partial charge in [0.05, 0.1) is 32.8 Å². The first-order chi connectivity index (χ1) is 21.9. The Kier molecular flexibility index (Phi) is 12.0. The molecule has 0 aliphatic carbocycles. The van der Waals surface area contributed by atoms with Crippen LogP contribution >= 0.6 is 34.8 Å². The number of methoxy groups -OCH3 is 1. The maximum atomic E-state index is 14.5. The smallest absolute Gasteiger partial charge is 0.264 e. The highest BCUT2D eigenvalue weighted by Crippen LogP contribution is 2.32. The summed E-state index contributed by atoms with van der Waals surface area (Å²) in [5.41, 5.74) is 2.43. The number of carbonyl (C=O) groups excluding carboxylic acids is 2. The molecule has 0 bridgehead atoms. The van der Waals surface area contributed by atoms with Crippen LogP contribution in [0.25, 0.3) is 0 Å². The highest BCUT2D eigenvalue weighted by Gasteiger charge is 2.34. The lowest BCUT2D eigenvalue weighted by Gasteiger charge is -2.34. The van der Waals surface area contributed by atoms with Crippen molar-refractivity contribution in [1.29, 1.82) is 0 Å². The van der Waals surface area contributed by atoms with Crippen LogP contribution in [0.2, 0.25) is 15.1 Å². The molecule has 242 valence electrons. The van der Waals surface area contributed by atoms with Crippen LogP contribution in [0, 0.1) is 6.92 Å². The third-order valence-corrected chi connectivity index (χ3v) is 10.1. The van der Waals surface area contributed by atoms with Crippen LogP contribution in [0.1, 0.15) is 23.6 Å². The molecule has 46 heavy (non-hydrogen) atoms. The minimum Gasteiger partial charge on any atom is -0.495 e. The number of amides is 2. The highest BCUT2D eigenvalue weighted by molar-refractivity contribution is 7.92. The predicted octanol–water partition coefficient (Wildman–Crippen LogP) is 6.94. The number of sulfonamides is 1. The number of aryl methyl sites for hydroxylation is 1. The molecule has 1 unspecified atom stereocenters. The van der Waals surface area contributed by atoms with Crippen molar-refractivity contribution >= 4 is 62.3 Å². The van der Waals surface area contributed by atoms with Gasteiger partial charge in [-0.25, -0.2) is 8.42 Å². The van der Waals surface area contributed by atoms with Gasteiger partial charge in [-0.15, -0.1) is 0 Å². The van der Waals surface area contributed by atoms with E-state index >= 15 is 0 Å². The summed E-state index contributed by atoms with van der Waals surface area (Å²) < 4.78 is 34.6. The van der Waals surface area contributed by atoms with Crippen LogP contribution < -0.4 is 14.4 Å². The van der Waals surface area contributed by atoms with E-state index in [0.717, 1.165) is 15.4 Å². The molecule has 4 aromatic rings. The predicted molar refractivity (Wildman–Crippen MR) is 183 cm³/mol. The van der Waals surface area contributed by atoms with Gasteiger partial charge in [0.1, 0.15) is 18.3 Å². The zero-order valence-electron chi connectivity index (χ0n) is 25.5. The Bertz CT molecular complexity index is 1790. The first-order valence-electron chi connectivity index (χ1n) is 14.4. The molecule has 0 saturated carbocycles. The minimum absolute atomic E-state index is 0.0153. The summed E-state index contributed by atoms with van der Waals surface area (Å²) in [6, 6.07) is 24.0. The van der Waals surface area contributed by atoms with Crippen LogP contribution in [0.5, 0.6) is 5.75 Å². The van der Waals surface area contributed by atoms with Crippen molar-refractivity contribution in [1.82, 2.24) is 10.2 Å². The molecular weight excluding hydrogens is 669 g/mol. The number of anilines is 1. The van der Waals surface area contributed by atoms with Crippen molar-refractivity contribution in [3.05, 3.63) is 123 Å². The lowest BCUT2D eigenvalue weighted by Crippen LogP contribution is -2.53. The zero-order valence-corrected chi connectivity index (χ0v) is 28.6. The Morgan fingerprint density at radius 3 is 2.15 bits per heavy atom. The van der Waals surface area contributed by atoms with E-state index in [1.165, 1.54) is 42.3 Å². The summed E-state index contributed by atoms with van der Waals surface area (Å²) in [7, 11) is -2.84. The number of hydrogen-bond acceptors (Lipinski definition) is 5. The van der Waals surface area contributed by atoms with E-state index in [9.17, 15) is 18.0 Å². The number of benzene rings is 4. The van der Waals surface area contributed by atoms with Crippen molar-refractivity contribution in [2.45, 2.75) is 37.8 Å². The van der Waals surface area contributed by atoms with Crippen LogP contribution in [0.4, 0.5) is 5.69 Å². The SMILES string of the molecule is CCNC(=O)C(Cc1ccccc1)N(Cc1ccc(Cl)c(Cl)c1)C(=O)CN(c1ccc(OC)c(Cl)c1)S(=O)(=O)c1ccc(C)cc1. The molecule has 0 saturated heterocycles. The standard InChI is InChI=1S/C34H34Cl3N3O5S/c1-4-38-34(42)31(19-24-8-6-5-7-9-24)39(21-25-12-16-28(35)29(36)18-25)33(41)22-40(26-13-17-32(45-3)30(37)20-26)46(43,44)27-14-10-23(2)11-15-27/h5-18,20,31H,4,19,21-22H2,1-3H3,(H,38,42). The van der Waals surface area contributed by atoms with E-state index in [4.69, 9.17) is 39.5 Å². The third-order valence-electron chi connectivity index (χ3n) is 7.27. The summed E-state index contributed by atoms with van der Waals surface area (Å²) >= 11 is 18.9. The number of carbonyl (C=O) groups is 2. The number of hydrogen-bond donors (Lipinski definition) is 1. The molecule has 0 aliphatic heterocycles. The van der Waals surface area contributed by atoms with Crippen LogP contribution in [-0.4, -0.2) is 51.4 Å². The van der Waals surface area contributed by atoms with E-state index in [1.807, 2.05) is 37.3 Å². The average Bonchev–Trinajstić information content (AvgIpc) is 3.03. The normalized spacial score (nSPS) is 11.9. The molecule has 0 heterocycles. The summed E-state index contributed by atoms with van der Waals surface area (Å²) in [6.07, 6.45) is 0.179. The Hall–Kier alpha value is -3.76. The molecule has 0 aromatic heterocycles. The van der Waals surface area contributed by atoms with Gasteiger partial charge >= 0.3 is 0 Å². The molecule has 1 N–H and O–H groups in total. The van der Waals surface area contributed by atoms with E-state index in [1.54, 1.807) is 37.3 Å². The number of ether oxygens (including phenoxy) is 1. The quantitative estimate of drug-likeness (QED) is 0.163. The number of rotatable bonds is 13. The van der Waals surface area contributed by atoms with Gasteiger partial charge in [0.2, 0.25) is 11.8 Å². The Labute approximate surface area is 284 Å². The van der Waals surface area contributed by atoms with Crippen molar-refractivity contribution in [2.75, 3.05) is 24.5 Å². The fourth-order valence-electron chi connectivity index (χ4n) is 4.86. The molecule has 0 spiro atoms. The Morgan fingerprint density at radius 2 is 1.54 bits per heavy atom. The number of likely N-dealkylation sites (N-methyl/N-ethyl adjacent to an activating group) is 1. The molecule has 12 heteroatoms. The van der Waals surface area contributed by atoms with E-state index in [-0.39, 0.29) is 39.5 Å². The summed E-state index contributed by atoms with van der Waals surface area (Å²) in [4.78, 5) is 29.5. The van der Waals surface area contributed by atoms with Crippen molar-refractivity contribution in [3.8, 4) is 5.75 Å². The van der Waals surface area contributed by atoms with Gasteiger partial charge in [-0.1, -0.05) is 88.9 Å². The van der Waals surface area contributed by atoms with Gasteiger partial charge in [-0.3, -0.25) is 13.9 Å². The lowest BCUT2D eigenvalue weighted by molar-refractivity contribution is -0.140. The first kappa shape index (κ1) is 35.1. The second kappa shape index (κ2) is 15.7. The van der Waals surface area contributed by atoms with Crippen LogP contribution in [0.15, 0.2) is 95.9 Å². The van der Waals surface area contributed by atoms with E-state index < -0.39 is 28.5 Å². The van der Waals surface area contributed by atoms with Crippen molar-refractivity contribution in [3.63, 3.8) is 0 Å². The fraction of sp³-hybridized carbons (Fsp3) is 0.235. The molecule has 0 aliphatic rings. The third kappa shape index (κ3) is 8.53. The van der Waals surface area contributed by atoms with Gasteiger partial charge in [0.25, 0.3) is 10.0 Å². The molecule has 8 nitrogen and oxygen atoms in total. The zero-order chi connectivity index (χ0) is 33.4. The number of nitrogens with one attached hydrogen (secondary N) is 1. The summed E-state index contributed by atoms with van der Waals surface area (Å²) in [6.45, 7) is 3.27. The summed E-state index contributed by atoms with van der Waals surface area (Å²) in [5.74, 6) is -0.675. The number of halogens is 3. The molecule has 0 fully saturated rings. The monoisotopic (exact) mass is 701 g/mol. The van der Waals surface area contributed by atoms with Gasteiger partial charge in [0, 0.05) is 19.5 Å². The van der Waals surface area contributed by atoms with Crippen molar-refractivity contribution in [2.24, 2.45) is 0 Å². The summed E-state index contributed by atoms with van der Waals surface area (Å²) in [5, 5.41) is 3.60. The molecular formula is C34H34Cl3N3O5S. The Balaban J connectivity index is 1.83. The van der Waals surface area contributed by atoms with E-state index in [0.29, 0.717) is 22.9 Å².